The molecule has 0 amide bonds. The molecule has 1 saturated carbocycles. The smallest absolute Gasteiger partial charge is 0.330 e. The molecule has 25 heavy (non-hydrogen) atoms. The molecule has 0 saturated heterocycles. The molecule has 2 atom stereocenters. The van der Waals surface area contributed by atoms with E-state index in [0.29, 0.717) is 17.6 Å². The first-order valence-corrected chi connectivity index (χ1v) is 9.38. The Morgan fingerprint density at radius 3 is 2.52 bits per heavy atom. The topological polar surface area (TPSA) is 94.5 Å². The average Bonchev–Trinajstić information content (AvgIpc) is 3.10. The van der Waals surface area contributed by atoms with Gasteiger partial charge in [-0.2, -0.15) is 4.31 Å². The van der Waals surface area contributed by atoms with Crippen LogP contribution < -0.4 is 11.2 Å². The molecule has 0 aromatic carbocycles. The zero-order valence-electron chi connectivity index (χ0n) is 14.6. The van der Waals surface area contributed by atoms with Gasteiger partial charge in [0, 0.05) is 33.3 Å². The molecule has 0 bridgehead atoms. The normalized spacial score (nSPS) is 20.2. The number of aromatic nitrogens is 2. The molecule has 136 valence electrons. The van der Waals surface area contributed by atoms with E-state index in [2.05, 4.69) is 6.92 Å². The maximum atomic E-state index is 12.7. The van der Waals surface area contributed by atoms with E-state index in [1.54, 1.807) is 6.07 Å². The predicted octanol–water partition coefficient (Wildman–Crippen LogP) is 0.621. The van der Waals surface area contributed by atoms with Gasteiger partial charge in [-0.25, -0.2) is 13.2 Å². The maximum absolute atomic E-state index is 12.7. The van der Waals surface area contributed by atoms with Crippen molar-refractivity contribution in [3.8, 4) is 0 Å². The quantitative estimate of drug-likeness (QED) is 0.772. The number of hydrogen-bond acceptors (Lipinski definition) is 5. The Bertz CT molecular complexity index is 1030. The van der Waals surface area contributed by atoms with Gasteiger partial charge in [0.25, 0.3) is 5.56 Å². The molecule has 0 unspecified atom stereocenters. The Hall–Kier alpha value is -2.13. The molecule has 0 N–H and O–H groups in total. The molecule has 0 aliphatic heterocycles. The van der Waals surface area contributed by atoms with E-state index in [9.17, 15) is 18.0 Å². The minimum absolute atomic E-state index is 0.00935. The van der Waals surface area contributed by atoms with Crippen LogP contribution in [0.2, 0.25) is 0 Å². The van der Waals surface area contributed by atoms with Crippen molar-refractivity contribution < 1.29 is 12.8 Å². The lowest BCUT2D eigenvalue weighted by atomic mass is 10.3. The summed E-state index contributed by atoms with van der Waals surface area (Å²) >= 11 is 0. The predicted molar refractivity (Wildman–Crippen MR) is 90.8 cm³/mol. The van der Waals surface area contributed by atoms with Gasteiger partial charge in [0.2, 0.25) is 10.0 Å². The Morgan fingerprint density at radius 1 is 1.28 bits per heavy atom. The number of nitrogens with zero attached hydrogens (tertiary/aromatic N) is 3. The highest BCUT2D eigenvalue weighted by molar-refractivity contribution is 7.89. The van der Waals surface area contributed by atoms with Gasteiger partial charge in [-0.3, -0.25) is 9.36 Å². The number of aryl methyl sites for hydroxylation is 1. The van der Waals surface area contributed by atoms with Crippen LogP contribution >= 0.6 is 0 Å². The number of rotatable bonds is 5. The van der Waals surface area contributed by atoms with Crippen molar-refractivity contribution in [3.63, 3.8) is 0 Å². The lowest BCUT2D eigenvalue weighted by Crippen LogP contribution is -2.41. The molecule has 1 aliphatic rings. The zero-order chi connectivity index (χ0) is 18.5. The standard InChI is InChI=1S/C16H21N3O5S/c1-10-7-12(10)13-6-5-11(24-13)8-18(3)25(22,23)14-9-17(2)16(21)19(4)15(14)20/h5-6,9-10,12H,7-8H2,1-4H3/t10-,12-/m0/s1. The van der Waals surface area contributed by atoms with Gasteiger partial charge >= 0.3 is 5.69 Å². The van der Waals surface area contributed by atoms with Crippen LogP contribution in [0.3, 0.4) is 0 Å². The third kappa shape index (κ3) is 3.09. The summed E-state index contributed by atoms with van der Waals surface area (Å²) in [5.41, 5.74) is -1.43. The highest BCUT2D eigenvalue weighted by Gasteiger charge is 2.37. The van der Waals surface area contributed by atoms with Crippen molar-refractivity contribution in [2.45, 2.75) is 30.7 Å². The third-order valence-corrected chi connectivity index (χ3v) is 6.42. The lowest BCUT2D eigenvalue weighted by Gasteiger charge is -2.16. The summed E-state index contributed by atoms with van der Waals surface area (Å²) in [6, 6.07) is 3.63. The minimum atomic E-state index is -4.06. The van der Waals surface area contributed by atoms with Crippen LogP contribution in [0.5, 0.6) is 0 Å². The second-order valence-electron chi connectivity index (χ2n) is 6.64. The second kappa shape index (κ2) is 5.99. The van der Waals surface area contributed by atoms with Gasteiger partial charge in [0.15, 0.2) is 4.90 Å². The van der Waals surface area contributed by atoms with E-state index in [1.165, 1.54) is 21.1 Å². The molecule has 0 spiro atoms. The van der Waals surface area contributed by atoms with Crippen molar-refractivity contribution >= 4 is 10.0 Å². The summed E-state index contributed by atoms with van der Waals surface area (Å²) in [5.74, 6) is 2.38. The molecule has 1 aliphatic carbocycles. The largest absolute Gasteiger partial charge is 0.464 e. The molecule has 2 aromatic heterocycles. The van der Waals surface area contributed by atoms with Gasteiger partial charge < -0.3 is 8.98 Å². The van der Waals surface area contributed by atoms with Gasteiger partial charge in [-0.1, -0.05) is 6.92 Å². The van der Waals surface area contributed by atoms with Crippen LogP contribution in [0.4, 0.5) is 0 Å². The fourth-order valence-electron chi connectivity index (χ4n) is 2.82. The Labute approximate surface area is 145 Å². The van der Waals surface area contributed by atoms with Crippen molar-refractivity contribution in [1.82, 2.24) is 13.4 Å². The van der Waals surface area contributed by atoms with E-state index < -0.39 is 26.2 Å². The molecule has 1 fully saturated rings. The van der Waals surface area contributed by atoms with Gasteiger partial charge in [0.1, 0.15) is 11.5 Å². The molecular weight excluding hydrogens is 346 g/mol. The maximum Gasteiger partial charge on any atom is 0.330 e. The van der Waals surface area contributed by atoms with Crippen LogP contribution in [0.25, 0.3) is 0 Å². The molecule has 3 rings (SSSR count). The highest BCUT2D eigenvalue weighted by atomic mass is 32.2. The summed E-state index contributed by atoms with van der Waals surface area (Å²) in [6.07, 6.45) is 2.13. The van der Waals surface area contributed by atoms with Crippen molar-refractivity contribution in [1.29, 1.82) is 0 Å². The monoisotopic (exact) mass is 367 g/mol. The summed E-state index contributed by atoms with van der Waals surface area (Å²) < 4.78 is 34.1. The van der Waals surface area contributed by atoms with Crippen LogP contribution in [0.15, 0.2) is 37.2 Å². The molecular formula is C16H21N3O5S. The fraction of sp³-hybridized carbons (Fsp3) is 0.500. The average molecular weight is 367 g/mol. The van der Waals surface area contributed by atoms with Crippen molar-refractivity contribution in [2.24, 2.45) is 20.0 Å². The first-order valence-electron chi connectivity index (χ1n) is 7.94. The van der Waals surface area contributed by atoms with Crippen LogP contribution in [0.1, 0.15) is 30.8 Å². The number of hydrogen-bond donors (Lipinski definition) is 0. The summed E-state index contributed by atoms with van der Waals surface area (Å²) in [6.45, 7) is 2.15. The molecule has 9 heteroatoms. The Morgan fingerprint density at radius 2 is 1.92 bits per heavy atom. The van der Waals surface area contributed by atoms with Crippen LogP contribution in [-0.2, 0) is 30.7 Å². The van der Waals surface area contributed by atoms with Crippen molar-refractivity contribution in [3.05, 3.63) is 50.7 Å². The Kier molecular flexibility index (Phi) is 4.24. The van der Waals surface area contributed by atoms with Crippen LogP contribution in [-0.4, -0.2) is 28.9 Å². The molecule has 2 aromatic rings. The Balaban J connectivity index is 1.88. The second-order valence-corrected chi connectivity index (χ2v) is 8.65. The zero-order valence-corrected chi connectivity index (χ0v) is 15.4. The van der Waals surface area contributed by atoms with E-state index in [4.69, 9.17) is 4.42 Å². The third-order valence-electron chi connectivity index (χ3n) is 4.64. The lowest BCUT2D eigenvalue weighted by molar-refractivity contribution is 0.388. The summed E-state index contributed by atoms with van der Waals surface area (Å²) in [7, 11) is -0.0301. The first kappa shape index (κ1) is 17.7. The summed E-state index contributed by atoms with van der Waals surface area (Å²) in [4.78, 5) is 23.5. The van der Waals surface area contributed by atoms with Gasteiger partial charge in [-0.15, -0.1) is 0 Å². The van der Waals surface area contributed by atoms with E-state index >= 15 is 0 Å². The molecule has 2 heterocycles. The summed E-state index contributed by atoms with van der Waals surface area (Å²) in [5, 5.41) is 0. The first-order chi connectivity index (χ1) is 11.6. The van der Waals surface area contributed by atoms with Crippen LogP contribution in [0, 0.1) is 5.92 Å². The van der Waals surface area contributed by atoms with E-state index in [1.807, 2.05) is 6.07 Å². The van der Waals surface area contributed by atoms with Gasteiger partial charge in [0.05, 0.1) is 6.54 Å². The highest BCUT2D eigenvalue weighted by Crippen LogP contribution is 2.47. The molecule has 8 nitrogen and oxygen atoms in total. The molecule has 0 radical (unpaired) electrons. The van der Waals surface area contributed by atoms with E-state index in [0.717, 1.165) is 31.8 Å². The number of sulfonamides is 1. The number of furan rings is 1. The fourth-order valence-corrected chi connectivity index (χ4v) is 4.10. The SMILES string of the molecule is C[C@H]1C[C@@H]1c1ccc(CN(C)S(=O)(=O)c2cn(C)c(=O)n(C)c2=O)o1. The van der Waals surface area contributed by atoms with Crippen molar-refractivity contribution in [2.75, 3.05) is 7.05 Å². The van der Waals surface area contributed by atoms with Gasteiger partial charge in [-0.05, 0) is 24.5 Å². The van der Waals surface area contributed by atoms with E-state index in [-0.39, 0.29) is 6.54 Å². The minimum Gasteiger partial charge on any atom is -0.464 e.